The molecule has 2 atom stereocenters. The van der Waals surface area contributed by atoms with E-state index in [-0.39, 0.29) is 23.0 Å². The topological polar surface area (TPSA) is 75.7 Å². The first kappa shape index (κ1) is 19.0. The number of nitrogens with one attached hydrogen (secondary N) is 1. The van der Waals surface area contributed by atoms with E-state index in [0.717, 1.165) is 5.56 Å². The van der Waals surface area contributed by atoms with Crippen molar-refractivity contribution in [2.45, 2.75) is 37.4 Å². The highest BCUT2D eigenvalue weighted by Gasteiger charge is 2.32. The van der Waals surface area contributed by atoms with E-state index < -0.39 is 10.0 Å². The zero-order chi connectivity index (χ0) is 18.7. The largest absolute Gasteiger partial charge is 0.373 e. The molecule has 140 valence electrons. The molecule has 1 N–H and O–H groups in total. The highest BCUT2D eigenvalue weighted by Crippen LogP contribution is 2.22. The second kappa shape index (κ2) is 7.87. The number of hydrogen-bond donors (Lipinski definition) is 1. The summed E-state index contributed by atoms with van der Waals surface area (Å²) in [5.41, 5.74) is 1.54. The summed E-state index contributed by atoms with van der Waals surface area (Å²) in [5.74, 6) is -0.130. The molecule has 1 aromatic carbocycles. The first-order valence-electron chi connectivity index (χ1n) is 8.41. The molecule has 1 saturated heterocycles. The minimum absolute atomic E-state index is 0.130. The molecule has 1 aliphatic rings. The van der Waals surface area contributed by atoms with Crippen LogP contribution in [0.15, 0.2) is 46.0 Å². The van der Waals surface area contributed by atoms with Gasteiger partial charge < -0.3 is 10.1 Å². The van der Waals surface area contributed by atoms with E-state index >= 15 is 0 Å². The molecule has 2 unspecified atom stereocenters. The third-order valence-corrected chi connectivity index (χ3v) is 6.68. The fourth-order valence-electron chi connectivity index (χ4n) is 2.97. The van der Waals surface area contributed by atoms with Gasteiger partial charge in [0.1, 0.15) is 0 Å². The molecular formula is C18H22N2O4S2. The number of carbonyl (C=O) groups is 1. The lowest BCUT2D eigenvalue weighted by Crippen LogP contribution is -2.48. The molecular weight excluding hydrogens is 372 g/mol. The predicted molar refractivity (Wildman–Crippen MR) is 102 cm³/mol. The number of amides is 1. The van der Waals surface area contributed by atoms with Gasteiger partial charge in [-0.25, -0.2) is 8.42 Å². The molecule has 0 spiro atoms. The molecule has 1 aliphatic heterocycles. The second-order valence-electron chi connectivity index (χ2n) is 6.46. The van der Waals surface area contributed by atoms with Crippen molar-refractivity contribution in [2.75, 3.05) is 18.4 Å². The van der Waals surface area contributed by atoms with Gasteiger partial charge in [0.2, 0.25) is 15.9 Å². The minimum Gasteiger partial charge on any atom is -0.373 e. The van der Waals surface area contributed by atoms with E-state index in [9.17, 15) is 13.2 Å². The molecule has 0 bridgehead atoms. The third kappa shape index (κ3) is 4.50. The summed E-state index contributed by atoms with van der Waals surface area (Å²) in [4.78, 5) is 12.3. The molecule has 6 nitrogen and oxygen atoms in total. The van der Waals surface area contributed by atoms with Crippen LogP contribution in [0.2, 0.25) is 0 Å². The number of sulfonamides is 1. The molecule has 2 heterocycles. The Kier molecular flexibility index (Phi) is 5.76. The molecule has 1 aromatic heterocycles. The monoisotopic (exact) mass is 394 g/mol. The van der Waals surface area contributed by atoms with E-state index in [1.165, 1.54) is 16.4 Å². The molecule has 0 aliphatic carbocycles. The first-order chi connectivity index (χ1) is 12.3. The number of rotatable bonds is 5. The van der Waals surface area contributed by atoms with Gasteiger partial charge in [-0.2, -0.15) is 15.6 Å². The van der Waals surface area contributed by atoms with Crippen LogP contribution >= 0.6 is 11.3 Å². The van der Waals surface area contributed by atoms with Crippen LogP contribution in [0, 0.1) is 0 Å². The van der Waals surface area contributed by atoms with Crippen molar-refractivity contribution >= 4 is 33.0 Å². The number of anilines is 1. The number of benzene rings is 1. The van der Waals surface area contributed by atoms with E-state index in [2.05, 4.69) is 5.32 Å². The van der Waals surface area contributed by atoms with Gasteiger partial charge in [-0.05, 0) is 60.5 Å². The van der Waals surface area contributed by atoms with Gasteiger partial charge in [0.25, 0.3) is 0 Å². The highest BCUT2D eigenvalue weighted by molar-refractivity contribution is 7.89. The zero-order valence-corrected chi connectivity index (χ0v) is 16.3. The summed E-state index contributed by atoms with van der Waals surface area (Å²) in [6.45, 7) is 4.41. The summed E-state index contributed by atoms with van der Waals surface area (Å²) < 4.78 is 32.7. The Hall–Kier alpha value is -1.74. The Labute approximate surface area is 157 Å². The summed E-state index contributed by atoms with van der Waals surface area (Å²) in [5, 5.41) is 6.65. The normalized spacial score (nSPS) is 21.5. The summed E-state index contributed by atoms with van der Waals surface area (Å²) in [7, 11) is -3.57. The Morgan fingerprint density at radius 1 is 1.19 bits per heavy atom. The maximum atomic E-state index is 12.8. The summed E-state index contributed by atoms with van der Waals surface area (Å²) in [6.07, 6.45) is 0.0287. The summed E-state index contributed by atoms with van der Waals surface area (Å²) >= 11 is 1.55. The fraction of sp³-hybridized carbons (Fsp3) is 0.389. The van der Waals surface area contributed by atoms with Crippen LogP contribution in [0.1, 0.15) is 19.4 Å². The van der Waals surface area contributed by atoms with Gasteiger partial charge >= 0.3 is 0 Å². The zero-order valence-electron chi connectivity index (χ0n) is 14.7. The third-order valence-electron chi connectivity index (χ3n) is 4.11. The van der Waals surface area contributed by atoms with Crippen LogP contribution < -0.4 is 5.32 Å². The minimum atomic E-state index is -3.57. The van der Waals surface area contributed by atoms with Crippen LogP contribution in [-0.2, 0) is 26.0 Å². The van der Waals surface area contributed by atoms with Crippen molar-refractivity contribution in [3.8, 4) is 0 Å². The first-order valence-corrected chi connectivity index (χ1v) is 10.8. The lowest BCUT2D eigenvalue weighted by atomic mass is 10.2. The van der Waals surface area contributed by atoms with Crippen molar-refractivity contribution in [1.82, 2.24) is 4.31 Å². The summed E-state index contributed by atoms with van der Waals surface area (Å²) in [6, 6.07) is 8.20. The lowest BCUT2D eigenvalue weighted by molar-refractivity contribution is -0.115. The molecule has 8 heteroatoms. The Morgan fingerprint density at radius 2 is 1.85 bits per heavy atom. The smallest absolute Gasteiger partial charge is 0.243 e. The second-order valence-corrected chi connectivity index (χ2v) is 9.18. The van der Waals surface area contributed by atoms with Gasteiger partial charge in [0, 0.05) is 18.8 Å². The quantitative estimate of drug-likeness (QED) is 0.846. The van der Waals surface area contributed by atoms with E-state index in [1.54, 1.807) is 23.5 Å². The van der Waals surface area contributed by atoms with Crippen molar-refractivity contribution in [3.63, 3.8) is 0 Å². The van der Waals surface area contributed by atoms with E-state index in [1.807, 2.05) is 30.7 Å². The molecule has 0 saturated carbocycles. The van der Waals surface area contributed by atoms with Gasteiger partial charge in [-0.3, -0.25) is 4.79 Å². The number of hydrogen-bond acceptors (Lipinski definition) is 5. The average Bonchev–Trinajstić information content (AvgIpc) is 3.07. The van der Waals surface area contributed by atoms with Crippen molar-refractivity contribution in [3.05, 3.63) is 46.7 Å². The van der Waals surface area contributed by atoms with Crippen molar-refractivity contribution < 1.29 is 17.9 Å². The molecule has 2 aromatic rings. The van der Waals surface area contributed by atoms with Gasteiger partial charge in [-0.15, -0.1) is 0 Å². The van der Waals surface area contributed by atoms with Crippen molar-refractivity contribution in [1.29, 1.82) is 0 Å². The standard InChI is InChI=1S/C18H22N2O4S2/c1-13-10-20(11-14(2)24-13)26(22,23)17-5-3-16(4-6-17)19-18(21)9-15-7-8-25-12-15/h3-8,12-14H,9-11H2,1-2H3,(H,19,21). The Morgan fingerprint density at radius 3 is 2.42 bits per heavy atom. The van der Waals surface area contributed by atoms with Gasteiger partial charge in [-0.1, -0.05) is 0 Å². The number of nitrogens with zero attached hydrogens (tertiary/aromatic N) is 1. The van der Waals surface area contributed by atoms with Crippen LogP contribution in [0.4, 0.5) is 5.69 Å². The molecule has 26 heavy (non-hydrogen) atoms. The van der Waals surface area contributed by atoms with Crippen LogP contribution in [0.5, 0.6) is 0 Å². The van der Waals surface area contributed by atoms with Crippen LogP contribution in [0.25, 0.3) is 0 Å². The number of carbonyl (C=O) groups excluding carboxylic acids is 1. The predicted octanol–water partition coefficient (Wildman–Crippen LogP) is 2.73. The Bertz CT molecular complexity index is 838. The van der Waals surface area contributed by atoms with Crippen molar-refractivity contribution in [2.24, 2.45) is 0 Å². The molecule has 1 fully saturated rings. The van der Waals surface area contributed by atoms with Gasteiger partial charge in [0.05, 0.1) is 23.5 Å². The average molecular weight is 395 g/mol. The maximum Gasteiger partial charge on any atom is 0.243 e. The lowest BCUT2D eigenvalue weighted by Gasteiger charge is -2.34. The van der Waals surface area contributed by atoms with Gasteiger partial charge in [0.15, 0.2) is 0 Å². The molecule has 3 rings (SSSR count). The van der Waals surface area contributed by atoms with Crippen LogP contribution in [-0.4, -0.2) is 43.9 Å². The highest BCUT2D eigenvalue weighted by atomic mass is 32.2. The van der Waals surface area contributed by atoms with E-state index in [4.69, 9.17) is 4.74 Å². The SMILES string of the molecule is CC1CN(S(=O)(=O)c2ccc(NC(=O)Cc3ccsc3)cc2)CC(C)O1. The van der Waals surface area contributed by atoms with Crippen LogP contribution in [0.3, 0.4) is 0 Å². The molecule has 1 amide bonds. The number of morpholine rings is 1. The maximum absolute atomic E-state index is 12.8. The fourth-order valence-corrected chi connectivity index (χ4v) is 5.23. The molecule has 0 radical (unpaired) electrons. The van der Waals surface area contributed by atoms with E-state index in [0.29, 0.717) is 25.2 Å². The number of thiophene rings is 1. The number of ether oxygens (including phenoxy) is 1. The Balaban J connectivity index is 1.67.